The highest BCUT2D eigenvalue weighted by atomic mass is 16.5. The van der Waals surface area contributed by atoms with E-state index >= 15 is 0 Å². The van der Waals surface area contributed by atoms with Gasteiger partial charge in [-0.3, -0.25) is 4.90 Å². The first kappa shape index (κ1) is 11.6. The molecule has 4 nitrogen and oxygen atoms in total. The maximum atomic E-state index is 6.29. The van der Waals surface area contributed by atoms with Crippen molar-refractivity contribution in [3.8, 4) is 0 Å². The molecule has 1 heterocycles. The van der Waals surface area contributed by atoms with Gasteiger partial charge < -0.3 is 16.2 Å². The fourth-order valence-electron chi connectivity index (χ4n) is 2.08. The minimum Gasteiger partial charge on any atom is -0.399 e. The van der Waals surface area contributed by atoms with E-state index in [-0.39, 0.29) is 5.54 Å². The number of nitrogens with zero attached hydrogens (tertiary/aromatic N) is 1. The van der Waals surface area contributed by atoms with E-state index in [0.717, 1.165) is 51.4 Å². The second kappa shape index (κ2) is 4.99. The first-order valence-electron chi connectivity index (χ1n) is 5.92. The molecule has 2 aliphatic rings. The van der Waals surface area contributed by atoms with Gasteiger partial charge in [0.05, 0.1) is 13.2 Å². The third-order valence-electron chi connectivity index (χ3n) is 3.32. The normalized spacial score (nSPS) is 31.4. The van der Waals surface area contributed by atoms with E-state index in [1.807, 2.05) is 18.2 Å². The molecule has 1 unspecified atom stereocenters. The third-order valence-corrected chi connectivity index (χ3v) is 3.32. The molecule has 1 fully saturated rings. The van der Waals surface area contributed by atoms with Crippen molar-refractivity contribution in [3.05, 3.63) is 23.9 Å². The summed E-state index contributed by atoms with van der Waals surface area (Å²) in [7, 11) is 0. The van der Waals surface area contributed by atoms with E-state index in [1.165, 1.54) is 0 Å². The maximum Gasteiger partial charge on any atom is 0.0594 e. The molecule has 4 heteroatoms. The van der Waals surface area contributed by atoms with Gasteiger partial charge in [0.25, 0.3) is 0 Å². The Hall–Kier alpha value is -0.840. The zero-order valence-electron chi connectivity index (χ0n) is 9.69. The van der Waals surface area contributed by atoms with E-state index in [0.29, 0.717) is 0 Å². The van der Waals surface area contributed by atoms with Crippen LogP contribution < -0.4 is 11.5 Å². The molecule has 0 radical (unpaired) electrons. The van der Waals surface area contributed by atoms with Crippen LogP contribution in [0.1, 0.15) is 12.8 Å². The van der Waals surface area contributed by atoms with Crippen LogP contribution in [0.4, 0.5) is 0 Å². The van der Waals surface area contributed by atoms with Gasteiger partial charge in [0.1, 0.15) is 0 Å². The van der Waals surface area contributed by atoms with Gasteiger partial charge in [-0.15, -0.1) is 0 Å². The smallest absolute Gasteiger partial charge is 0.0594 e. The molecule has 0 aromatic heterocycles. The first-order chi connectivity index (χ1) is 7.68. The summed E-state index contributed by atoms with van der Waals surface area (Å²) in [4.78, 5) is 2.41. The average molecular weight is 223 g/mol. The highest BCUT2D eigenvalue weighted by molar-refractivity contribution is 5.26. The monoisotopic (exact) mass is 223 g/mol. The number of rotatable bonds is 3. The van der Waals surface area contributed by atoms with Crippen molar-refractivity contribution in [1.29, 1.82) is 0 Å². The molecule has 1 aliphatic heterocycles. The zero-order valence-corrected chi connectivity index (χ0v) is 9.69. The summed E-state index contributed by atoms with van der Waals surface area (Å²) in [6, 6.07) is 0. The predicted molar refractivity (Wildman–Crippen MR) is 64.8 cm³/mol. The quantitative estimate of drug-likeness (QED) is 0.718. The largest absolute Gasteiger partial charge is 0.399 e. The van der Waals surface area contributed by atoms with E-state index < -0.39 is 0 Å². The van der Waals surface area contributed by atoms with Crippen LogP contribution in [0.15, 0.2) is 23.9 Å². The van der Waals surface area contributed by atoms with Gasteiger partial charge in [0.2, 0.25) is 0 Å². The molecular weight excluding hydrogens is 202 g/mol. The fourth-order valence-corrected chi connectivity index (χ4v) is 2.08. The minimum absolute atomic E-state index is 0.207. The molecule has 0 aromatic rings. The van der Waals surface area contributed by atoms with Crippen LogP contribution >= 0.6 is 0 Å². The lowest BCUT2D eigenvalue weighted by atomic mass is 9.88. The number of hydrogen-bond donors (Lipinski definition) is 2. The summed E-state index contributed by atoms with van der Waals surface area (Å²) in [6.07, 6.45) is 7.80. The fraction of sp³-hybridized carbons (Fsp3) is 0.667. The topological polar surface area (TPSA) is 64.5 Å². The van der Waals surface area contributed by atoms with Crippen LogP contribution in [0, 0.1) is 0 Å². The van der Waals surface area contributed by atoms with Gasteiger partial charge in [0, 0.05) is 30.9 Å². The van der Waals surface area contributed by atoms with Crippen LogP contribution in [0.25, 0.3) is 0 Å². The Morgan fingerprint density at radius 3 is 2.75 bits per heavy atom. The van der Waals surface area contributed by atoms with Crippen molar-refractivity contribution >= 4 is 0 Å². The van der Waals surface area contributed by atoms with Gasteiger partial charge in [-0.05, 0) is 18.9 Å². The van der Waals surface area contributed by atoms with E-state index in [2.05, 4.69) is 4.90 Å². The second-order valence-corrected chi connectivity index (χ2v) is 4.68. The molecule has 0 saturated carbocycles. The summed E-state index contributed by atoms with van der Waals surface area (Å²) in [6.45, 7) is 4.79. The SMILES string of the molecule is NC1=CCC(N)(CCN2CCOCC2)C=C1. The first-order valence-corrected chi connectivity index (χ1v) is 5.92. The van der Waals surface area contributed by atoms with Gasteiger partial charge in [0.15, 0.2) is 0 Å². The Kier molecular flexibility index (Phi) is 3.63. The standard InChI is InChI=1S/C12H21N3O/c13-11-1-3-12(14,4-2-11)5-6-15-7-9-16-10-8-15/h1-3H,4-10,13-14H2. The number of nitrogens with two attached hydrogens (primary N) is 2. The van der Waals surface area contributed by atoms with Crippen molar-refractivity contribution in [2.75, 3.05) is 32.8 Å². The molecule has 90 valence electrons. The van der Waals surface area contributed by atoms with Crippen molar-refractivity contribution in [1.82, 2.24) is 4.90 Å². The lowest BCUT2D eigenvalue weighted by Gasteiger charge is -2.32. The zero-order chi connectivity index (χ0) is 11.4. The molecule has 1 aliphatic carbocycles. The Morgan fingerprint density at radius 2 is 2.12 bits per heavy atom. The van der Waals surface area contributed by atoms with E-state index in [9.17, 15) is 0 Å². The molecule has 1 saturated heterocycles. The van der Waals surface area contributed by atoms with Crippen molar-refractivity contribution in [3.63, 3.8) is 0 Å². The van der Waals surface area contributed by atoms with Crippen LogP contribution in [0.3, 0.4) is 0 Å². The summed E-state index contributed by atoms with van der Waals surface area (Å²) in [5, 5.41) is 0. The summed E-state index contributed by atoms with van der Waals surface area (Å²) in [5.74, 6) is 0. The Bertz CT molecular complexity index is 295. The molecule has 16 heavy (non-hydrogen) atoms. The van der Waals surface area contributed by atoms with Crippen LogP contribution in [-0.2, 0) is 4.74 Å². The Morgan fingerprint density at radius 1 is 1.38 bits per heavy atom. The van der Waals surface area contributed by atoms with E-state index in [4.69, 9.17) is 16.2 Å². The van der Waals surface area contributed by atoms with Gasteiger partial charge in [-0.2, -0.15) is 0 Å². The Balaban J connectivity index is 1.79. The highest BCUT2D eigenvalue weighted by Gasteiger charge is 2.24. The van der Waals surface area contributed by atoms with Gasteiger partial charge >= 0.3 is 0 Å². The molecular formula is C12H21N3O. The highest BCUT2D eigenvalue weighted by Crippen LogP contribution is 2.20. The second-order valence-electron chi connectivity index (χ2n) is 4.68. The summed E-state index contributed by atoms with van der Waals surface area (Å²) < 4.78 is 5.32. The van der Waals surface area contributed by atoms with Gasteiger partial charge in [-0.1, -0.05) is 12.2 Å². The van der Waals surface area contributed by atoms with Crippen LogP contribution in [0.2, 0.25) is 0 Å². The number of morpholine rings is 1. The number of hydrogen-bond acceptors (Lipinski definition) is 4. The average Bonchev–Trinajstić information content (AvgIpc) is 2.33. The van der Waals surface area contributed by atoms with Gasteiger partial charge in [-0.25, -0.2) is 0 Å². The lowest BCUT2D eigenvalue weighted by Crippen LogP contribution is -2.44. The van der Waals surface area contributed by atoms with Crippen LogP contribution in [0.5, 0.6) is 0 Å². The van der Waals surface area contributed by atoms with Crippen molar-refractivity contribution in [2.24, 2.45) is 11.5 Å². The van der Waals surface area contributed by atoms with Crippen molar-refractivity contribution < 1.29 is 4.74 Å². The third kappa shape index (κ3) is 3.07. The maximum absolute atomic E-state index is 6.29. The molecule has 0 spiro atoms. The predicted octanol–water partition coefficient (Wildman–Crippen LogP) is 0.209. The summed E-state index contributed by atoms with van der Waals surface area (Å²) >= 11 is 0. The molecule has 2 rings (SSSR count). The number of allylic oxidation sites excluding steroid dienone is 1. The lowest BCUT2D eigenvalue weighted by molar-refractivity contribution is 0.0355. The molecule has 1 atom stereocenters. The molecule has 0 aromatic carbocycles. The minimum atomic E-state index is -0.207. The molecule has 0 bridgehead atoms. The Labute approximate surface area is 96.9 Å². The van der Waals surface area contributed by atoms with Crippen LogP contribution in [-0.4, -0.2) is 43.3 Å². The van der Waals surface area contributed by atoms with Crippen molar-refractivity contribution in [2.45, 2.75) is 18.4 Å². The number of ether oxygens (including phenoxy) is 1. The molecule has 4 N–H and O–H groups in total. The molecule has 0 amide bonds. The van der Waals surface area contributed by atoms with E-state index in [1.54, 1.807) is 0 Å². The summed E-state index contributed by atoms with van der Waals surface area (Å²) in [5.41, 5.74) is 12.6.